The number of nitrogens with zero attached hydrogens (tertiary/aromatic N) is 3. The predicted octanol–water partition coefficient (Wildman–Crippen LogP) is 2.70. The van der Waals surface area contributed by atoms with Crippen molar-refractivity contribution in [2.75, 3.05) is 11.4 Å². The van der Waals surface area contributed by atoms with Crippen LogP contribution in [0.4, 0.5) is 10.2 Å². The van der Waals surface area contributed by atoms with Crippen LogP contribution in [0.15, 0.2) is 6.33 Å². The summed E-state index contributed by atoms with van der Waals surface area (Å²) in [5, 5.41) is 10.3. The normalized spacial score (nSPS) is 29.9. The fourth-order valence-electron chi connectivity index (χ4n) is 3.93. The zero-order valence-electron chi connectivity index (χ0n) is 12.6. The minimum Gasteiger partial charge on any atom is -0.393 e. The van der Waals surface area contributed by atoms with E-state index in [-0.39, 0.29) is 23.9 Å². The third-order valence-corrected chi connectivity index (χ3v) is 5.03. The van der Waals surface area contributed by atoms with Crippen LogP contribution in [0.5, 0.6) is 0 Å². The molecule has 1 aliphatic carbocycles. The van der Waals surface area contributed by atoms with Crippen molar-refractivity contribution < 1.29 is 9.50 Å². The van der Waals surface area contributed by atoms with E-state index in [2.05, 4.69) is 14.9 Å². The summed E-state index contributed by atoms with van der Waals surface area (Å²) in [6, 6.07) is 0.217. The average molecular weight is 293 g/mol. The van der Waals surface area contributed by atoms with Gasteiger partial charge in [-0.2, -0.15) is 0 Å². The Kier molecular flexibility index (Phi) is 4.38. The number of aliphatic hydroxyl groups is 1. The van der Waals surface area contributed by atoms with E-state index < -0.39 is 0 Å². The molecule has 0 amide bonds. The maximum atomic E-state index is 14.5. The molecule has 0 aromatic carbocycles. The highest BCUT2D eigenvalue weighted by Gasteiger charge is 2.38. The van der Waals surface area contributed by atoms with Crippen LogP contribution in [0.25, 0.3) is 0 Å². The lowest BCUT2D eigenvalue weighted by Crippen LogP contribution is -2.43. The first kappa shape index (κ1) is 14.7. The van der Waals surface area contributed by atoms with Crippen LogP contribution < -0.4 is 4.90 Å². The molecule has 1 saturated heterocycles. The quantitative estimate of drug-likeness (QED) is 0.931. The lowest BCUT2D eigenvalue weighted by Gasteiger charge is -2.37. The average Bonchev–Trinajstić information content (AvgIpc) is 2.97. The highest BCUT2D eigenvalue weighted by molar-refractivity contribution is 5.43. The van der Waals surface area contributed by atoms with Crippen molar-refractivity contribution in [2.24, 2.45) is 5.92 Å². The fourth-order valence-corrected chi connectivity index (χ4v) is 3.93. The number of aromatic nitrogens is 2. The van der Waals surface area contributed by atoms with E-state index >= 15 is 0 Å². The Labute approximate surface area is 125 Å². The monoisotopic (exact) mass is 293 g/mol. The molecule has 0 spiro atoms. The second-order valence-corrected chi connectivity index (χ2v) is 6.23. The summed E-state index contributed by atoms with van der Waals surface area (Å²) in [7, 11) is 0. The second kappa shape index (κ2) is 6.26. The molecule has 21 heavy (non-hydrogen) atoms. The van der Waals surface area contributed by atoms with Gasteiger partial charge in [0.05, 0.1) is 11.8 Å². The van der Waals surface area contributed by atoms with E-state index in [1.54, 1.807) is 0 Å². The molecular formula is C16H24FN3O. The Morgan fingerprint density at radius 1 is 1.24 bits per heavy atom. The van der Waals surface area contributed by atoms with Crippen molar-refractivity contribution in [3.8, 4) is 0 Å². The van der Waals surface area contributed by atoms with Gasteiger partial charge in [-0.05, 0) is 32.1 Å². The van der Waals surface area contributed by atoms with Gasteiger partial charge in [-0.1, -0.05) is 19.8 Å². The van der Waals surface area contributed by atoms with E-state index in [1.807, 2.05) is 6.92 Å². The van der Waals surface area contributed by atoms with Crippen molar-refractivity contribution in [1.29, 1.82) is 0 Å². The van der Waals surface area contributed by atoms with Gasteiger partial charge >= 0.3 is 0 Å². The predicted molar refractivity (Wildman–Crippen MR) is 79.7 cm³/mol. The molecule has 1 aromatic heterocycles. The number of anilines is 1. The second-order valence-electron chi connectivity index (χ2n) is 6.23. The molecular weight excluding hydrogens is 269 g/mol. The van der Waals surface area contributed by atoms with E-state index in [0.29, 0.717) is 17.9 Å². The summed E-state index contributed by atoms with van der Waals surface area (Å²) >= 11 is 0. The standard InChI is InChI=1S/C16H24FN3O/c1-2-12-15(17)16(19-10-18-12)20-9-5-7-13(20)11-6-3-4-8-14(11)21/h10-11,13-14,21H,2-9H2,1H3/t11-,13+,14+/m0/s1. The minimum absolute atomic E-state index is 0.217. The first-order valence-corrected chi connectivity index (χ1v) is 8.16. The van der Waals surface area contributed by atoms with E-state index in [4.69, 9.17) is 0 Å². The van der Waals surface area contributed by atoms with Crippen LogP contribution in [0.3, 0.4) is 0 Å². The van der Waals surface area contributed by atoms with Crippen molar-refractivity contribution in [2.45, 2.75) is 64.0 Å². The lowest BCUT2D eigenvalue weighted by atomic mass is 9.80. The molecule has 2 heterocycles. The topological polar surface area (TPSA) is 49.2 Å². The smallest absolute Gasteiger partial charge is 0.187 e. The molecule has 2 fully saturated rings. The van der Waals surface area contributed by atoms with Gasteiger partial charge < -0.3 is 10.0 Å². The zero-order chi connectivity index (χ0) is 14.8. The Bertz CT molecular complexity index is 496. The van der Waals surface area contributed by atoms with Crippen molar-refractivity contribution in [1.82, 2.24) is 9.97 Å². The Morgan fingerprint density at radius 3 is 2.81 bits per heavy atom. The first-order valence-electron chi connectivity index (χ1n) is 8.16. The third kappa shape index (κ3) is 2.76. The summed E-state index contributed by atoms with van der Waals surface area (Å²) in [6.07, 6.45) is 8.03. The van der Waals surface area contributed by atoms with Crippen LogP contribution >= 0.6 is 0 Å². The highest BCUT2D eigenvalue weighted by atomic mass is 19.1. The summed E-state index contributed by atoms with van der Waals surface area (Å²) in [4.78, 5) is 10.3. The molecule has 1 saturated carbocycles. The molecule has 116 valence electrons. The SMILES string of the molecule is CCc1ncnc(N2CCC[C@@H]2[C@@H]2CCCC[C@H]2O)c1F. The maximum absolute atomic E-state index is 14.5. The summed E-state index contributed by atoms with van der Waals surface area (Å²) in [6.45, 7) is 2.73. The molecule has 1 N–H and O–H groups in total. The number of aliphatic hydroxyl groups excluding tert-OH is 1. The molecule has 4 nitrogen and oxygen atoms in total. The highest BCUT2D eigenvalue weighted by Crippen LogP contribution is 2.37. The van der Waals surface area contributed by atoms with Crippen molar-refractivity contribution in [3.05, 3.63) is 17.8 Å². The Hall–Kier alpha value is -1.23. The van der Waals surface area contributed by atoms with Gasteiger partial charge in [-0.3, -0.25) is 0 Å². The molecule has 1 aromatic rings. The van der Waals surface area contributed by atoms with E-state index in [0.717, 1.165) is 38.6 Å². The van der Waals surface area contributed by atoms with Crippen LogP contribution in [0, 0.1) is 11.7 Å². The molecule has 0 bridgehead atoms. The molecule has 0 unspecified atom stereocenters. The van der Waals surface area contributed by atoms with E-state index in [9.17, 15) is 9.50 Å². The van der Waals surface area contributed by atoms with Crippen LogP contribution in [0.1, 0.15) is 51.1 Å². The van der Waals surface area contributed by atoms with Gasteiger partial charge in [-0.25, -0.2) is 14.4 Å². The molecule has 1 aliphatic heterocycles. The number of rotatable bonds is 3. The summed E-state index contributed by atoms with van der Waals surface area (Å²) in [5.41, 5.74) is 0.481. The molecule has 2 aliphatic rings. The van der Waals surface area contributed by atoms with Gasteiger partial charge in [0.2, 0.25) is 0 Å². The van der Waals surface area contributed by atoms with Crippen molar-refractivity contribution in [3.63, 3.8) is 0 Å². The first-order chi connectivity index (χ1) is 10.2. The van der Waals surface area contributed by atoms with Gasteiger partial charge in [0, 0.05) is 18.5 Å². The lowest BCUT2D eigenvalue weighted by molar-refractivity contribution is 0.0564. The van der Waals surface area contributed by atoms with E-state index in [1.165, 1.54) is 12.7 Å². The number of hydrogen-bond donors (Lipinski definition) is 1. The van der Waals surface area contributed by atoms with Gasteiger partial charge in [0.1, 0.15) is 6.33 Å². The maximum Gasteiger partial charge on any atom is 0.187 e. The number of hydrogen-bond acceptors (Lipinski definition) is 4. The Balaban J connectivity index is 1.87. The van der Waals surface area contributed by atoms with Crippen molar-refractivity contribution >= 4 is 5.82 Å². The fraction of sp³-hybridized carbons (Fsp3) is 0.750. The minimum atomic E-state index is -0.280. The van der Waals surface area contributed by atoms with Gasteiger partial charge in [-0.15, -0.1) is 0 Å². The molecule has 3 atom stereocenters. The molecule has 0 radical (unpaired) electrons. The summed E-state index contributed by atoms with van der Waals surface area (Å²) in [5.74, 6) is 0.403. The Morgan fingerprint density at radius 2 is 2.05 bits per heavy atom. The third-order valence-electron chi connectivity index (χ3n) is 5.03. The van der Waals surface area contributed by atoms with Gasteiger partial charge in [0.15, 0.2) is 11.6 Å². The number of halogens is 1. The van der Waals surface area contributed by atoms with Crippen LogP contribution in [-0.2, 0) is 6.42 Å². The summed E-state index contributed by atoms with van der Waals surface area (Å²) < 4.78 is 14.5. The largest absolute Gasteiger partial charge is 0.393 e. The van der Waals surface area contributed by atoms with Crippen LogP contribution in [0.2, 0.25) is 0 Å². The number of aryl methyl sites for hydroxylation is 1. The van der Waals surface area contributed by atoms with Gasteiger partial charge in [0.25, 0.3) is 0 Å². The zero-order valence-corrected chi connectivity index (χ0v) is 12.6. The van der Waals surface area contributed by atoms with Crippen LogP contribution in [-0.4, -0.2) is 33.8 Å². The molecule has 5 heteroatoms. The molecule has 3 rings (SSSR count).